The Labute approximate surface area is 154 Å². The first-order chi connectivity index (χ1) is 12.3. The van der Waals surface area contributed by atoms with Crippen molar-refractivity contribution in [2.75, 3.05) is 5.32 Å². The minimum atomic E-state index is -1.08. The van der Waals surface area contributed by atoms with Gasteiger partial charge >= 0.3 is 6.09 Å². The second-order valence-corrected chi connectivity index (χ2v) is 8.01. The van der Waals surface area contributed by atoms with Crippen molar-refractivity contribution < 1.29 is 14.7 Å². The molecular weight excluding hydrogens is 326 g/mol. The van der Waals surface area contributed by atoms with Crippen LogP contribution in [0, 0.1) is 0 Å². The van der Waals surface area contributed by atoms with E-state index in [1.54, 1.807) is 12.1 Å². The highest BCUT2D eigenvalue weighted by Crippen LogP contribution is 2.44. The lowest BCUT2D eigenvalue weighted by molar-refractivity contribution is -0.118. The lowest BCUT2D eigenvalue weighted by Crippen LogP contribution is -2.14. The maximum absolute atomic E-state index is 12.6. The van der Waals surface area contributed by atoms with Gasteiger partial charge in [0.2, 0.25) is 0 Å². The van der Waals surface area contributed by atoms with Crippen LogP contribution >= 0.6 is 0 Å². The van der Waals surface area contributed by atoms with Crippen molar-refractivity contribution in [2.45, 2.75) is 50.9 Å². The predicted molar refractivity (Wildman–Crippen MR) is 103 cm³/mol. The van der Waals surface area contributed by atoms with Crippen LogP contribution in [-0.4, -0.2) is 17.0 Å². The number of hydrogen-bond acceptors (Lipinski definition) is 2. The summed E-state index contributed by atoms with van der Waals surface area (Å²) >= 11 is 0. The van der Waals surface area contributed by atoms with E-state index in [4.69, 9.17) is 5.11 Å². The van der Waals surface area contributed by atoms with E-state index in [1.807, 2.05) is 12.1 Å². The molecule has 2 aromatic rings. The lowest BCUT2D eigenvalue weighted by atomic mass is 9.81. The smallest absolute Gasteiger partial charge is 0.409 e. The minimum Gasteiger partial charge on any atom is -0.465 e. The first-order valence-electron chi connectivity index (χ1n) is 8.99. The monoisotopic (exact) mass is 351 g/mol. The molecule has 2 unspecified atom stereocenters. The Kier molecular flexibility index (Phi) is 4.86. The molecule has 0 aromatic heterocycles. The van der Waals surface area contributed by atoms with E-state index in [2.05, 4.69) is 50.4 Å². The Morgan fingerprint density at radius 3 is 2.12 bits per heavy atom. The van der Waals surface area contributed by atoms with Gasteiger partial charge in [0.1, 0.15) is 5.78 Å². The highest BCUT2D eigenvalue weighted by Gasteiger charge is 2.36. The second-order valence-electron chi connectivity index (χ2n) is 8.01. The largest absolute Gasteiger partial charge is 0.465 e. The number of benzene rings is 2. The van der Waals surface area contributed by atoms with Crippen molar-refractivity contribution in [3.63, 3.8) is 0 Å². The number of carbonyl (C=O) groups excluding carboxylic acids is 1. The van der Waals surface area contributed by atoms with Crippen LogP contribution in [0.15, 0.2) is 48.5 Å². The number of rotatable bonds is 3. The van der Waals surface area contributed by atoms with Crippen molar-refractivity contribution >= 4 is 17.6 Å². The number of ketones is 1. The van der Waals surface area contributed by atoms with Gasteiger partial charge in [0, 0.05) is 18.0 Å². The van der Waals surface area contributed by atoms with Gasteiger partial charge in [-0.25, -0.2) is 4.79 Å². The van der Waals surface area contributed by atoms with Crippen LogP contribution in [-0.2, 0) is 10.2 Å². The van der Waals surface area contributed by atoms with E-state index in [-0.39, 0.29) is 23.0 Å². The van der Waals surface area contributed by atoms with Crippen molar-refractivity contribution in [1.29, 1.82) is 0 Å². The minimum absolute atomic E-state index is 0.0879. The number of carboxylic acid groups (broad SMARTS) is 1. The van der Waals surface area contributed by atoms with Gasteiger partial charge in [0.05, 0.1) is 0 Å². The van der Waals surface area contributed by atoms with Crippen LogP contribution in [0.1, 0.15) is 62.1 Å². The van der Waals surface area contributed by atoms with E-state index in [0.717, 1.165) is 17.5 Å². The second kappa shape index (κ2) is 6.94. The molecule has 1 fully saturated rings. The zero-order chi connectivity index (χ0) is 18.9. The Morgan fingerprint density at radius 2 is 1.58 bits per heavy atom. The molecule has 1 amide bonds. The molecule has 0 bridgehead atoms. The van der Waals surface area contributed by atoms with Gasteiger partial charge in [-0.05, 0) is 46.6 Å². The van der Waals surface area contributed by atoms with Crippen LogP contribution < -0.4 is 5.32 Å². The van der Waals surface area contributed by atoms with E-state index >= 15 is 0 Å². The summed E-state index contributed by atoms with van der Waals surface area (Å²) in [5, 5.41) is 11.1. The molecule has 0 saturated heterocycles. The highest BCUT2D eigenvalue weighted by atomic mass is 16.4. The summed E-state index contributed by atoms with van der Waals surface area (Å²) in [6, 6.07) is 15.8. The summed E-state index contributed by atoms with van der Waals surface area (Å²) in [4.78, 5) is 23.3. The fraction of sp³-hybridized carbons (Fsp3) is 0.364. The van der Waals surface area contributed by atoms with Gasteiger partial charge in [0.15, 0.2) is 0 Å². The normalized spacial score (nSPS) is 20.2. The fourth-order valence-corrected chi connectivity index (χ4v) is 3.75. The molecule has 3 rings (SSSR count). The first-order valence-corrected chi connectivity index (χ1v) is 8.99. The molecule has 0 aliphatic heterocycles. The Bertz CT molecular complexity index is 801. The number of hydrogen-bond donors (Lipinski definition) is 2. The average molecular weight is 351 g/mol. The molecule has 1 saturated carbocycles. The molecule has 136 valence electrons. The summed E-state index contributed by atoms with van der Waals surface area (Å²) in [5.74, 6) is 0.301. The zero-order valence-electron chi connectivity index (χ0n) is 15.5. The third-order valence-electron chi connectivity index (χ3n) is 5.18. The molecule has 2 N–H and O–H groups in total. The summed E-state index contributed by atoms with van der Waals surface area (Å²) in [6.07, 6.45) is 0.340. The van der Waals surface area contributed by atoms with Crippen LogP contribution in [0.2, 0.25) is 0 Å². The third-order valence-corrected chi connectivity index (χ3v) is 5.18. The SMILES string of the molecule is CC(C)(C)c1ccc(C2C(=O)CCC2c2ccc(NC(=O)O)cc2)cc1. The van der Waals surface area contributed by atoms with Crippen molar-refractivity contribution in [3.05, 3.63) is 65.2 Å². The number of carbonyl (C=O) groups is 2. The summed E-state index contributed by atoms with van der Waals surface area (Å²) in [6.45, 7) is 6.54. The molecule has 1 aliphatic rings. The molecule has 2 aromatic carbocycles. The van der Waals surface area contributed by atoms with Gasteiger partial charge in [-0.3, -0.25) is 10.1 Å². The average Bonchev–Trinajstić information content (AvgIpc) is 2.96. The number of anilines is 1. The van der Waals surface area contributed by atoms with Crippen molar-refractivity contribution in [1.82, 2.24) is 0 Å². The Balaban J connectivity index is 1.86. The molecule has 1 aliphatic carbocycles. The molecule has 4 nitrogen and oxygen atoms in total. The Morgan fingerprint density at radius 1 is 1.00 bits per heavy atom. The first kappa shape index (κ1) is 18.2. The van der Waals surface area contributed by atoms with Crippen LogP contribution in [0.5, 0.6) is 0 Å². The zero-order valence-corrected chi connectivity index (χ0v) is 15.5. The lowest BCUT2D eigenvalue weighted by Gasteiger charge is -2.22. The molecule has 0 heterocycles. The summed E-state index contributed by atoms with van der Waals surface area (Å²) in [5.41, 5.74) is 4.03. The van der Waals surface area contributed by atoms with Gasteiger partial charge < -0.3 is 5.11 Å². The van der Waals surface area contributed by atoms with Crippen molar-refractivity contribution in [3.8, 4) is 0 Å². The van der Waals surface area contributed by atoms with Crippen LogP contribution in [0.25, 0.3) is 0 Å². The highest BCUT2D eigenvalue weighted by molar-refractivity contribution is 5.89. The number of nitrogens with one attached hydrogen (secondary N) is 1. The third kappa shape index (κ3) is 3.79. The summed E-state index contributed by atoms with van der Waals surface area (Å²) in [7, 11) is 0. The molecule has 0 spiro atoms. The van der Waals surface area contributed by atoms with Crippen LogP contribution in [0.4, 0.5) is 10.5 Å². The van der Waals surface area contributed by atoms with E-state index in [0.29, 0.717) is 12.1 Å². The van der Waals surface area contributed by atoms with Crippen LogP contribution in [0.3, 0.4) is 0 Å². The molecule has 0 radical (unpaired) electrons. The standard InChI is InChI=1S/C22H25NO3/c1-22(2,3)16-8-4-15(5-9-16)20-18(12-13-19(20)24)14-6-10-17(11-7-14)23-21(25)26/h4-11,18,20,23H,12-13H2,1-3H3,(H,25,26). The number of Topliss-reactive ketones (excluding diaryl/α,β-unsaturated/α-hetero) is 1. The van der Waals surface area contributed by atoms with Gasteiger partial charge in [-0.1, -0.05) is 57.2 Å². The van der Waals surface area contributed by atoms with E-state index in [1.165, 1.54) is 5.56 Å². The fourth-order valence-electron chi connectivity index (χ4n) is 3.75. The molecule has 4 heteroatoms. The van der Waals surface area contributed by atoms with Gasteiger partial charge in [-0.2, -0.15) is 0 Å². The van der Waals surface area contributed by atoms with E-state index in [9.17, 15) is 9.59 Å². The topological polar surface area (TPSA) is 66.4 Å². The van der Waals surface area contributed by atoms with Gasteiger partial charge in [-0.15, -0.1) is 0 Å². The van der Waals surface area contributed by atoms with E-state index < -0.39 is 6.09 Å². The van der Waals surface area contributed by atoms with Crippen molar-refractivity contribution in [2.24, 2.45) is 0 Å². The number of amides is 1. The molecular formula is C22H25NO3. The maximum Gasteiger partial charge on any atom is 0.409 e. The Hall–Kier alpha value is -2.62. The quantitative estimate of drug-likeness (QED) is 0.788. The molecule has 2 atom stereocenters. The predicted octanol–water partition coefficient (Wildman–Crippen LogP) is 5.30. The molecule has 26 heavy (non-hydrogen) atoms. The maximum atomic E-state index is 12.6. The van der Waals surface area contributed by atoms with Gasteiger partial charge in [0.25, 0.3) is 0 Å². The summed E-state index contributed by atoms with van der Waals surface area (Å²) < 4.78 is 0.